The summed E-state index contributed by atoms with van der Waals surface area (Å²) in [6.07, 6.45) is 3.40. The summed E-state index contributed by atoms with van der Waals surface area (Å²) in [5.41, 5.74) is 1.30. The molecule has 0 aliphatic carbocycles. The molecule has 1 fully saturated rings. The van der Waals surface area contributed by atoms with E-state index in [2.05, 4.69) is 27.4 Å². The first-order valence-electron chi connectivity index (χ1n) is 4.46. The van der Waals surface area contributed by atoms with E-state index in [9.17, 15) is 0 Å². The van der Waals surface area contributed by atoms with Gasteiger partial charge in [0.2, 0.25) is 0 Å². The smallest absolute Gasteiger partial charge is 0.0844 e. The molecule has 64 valence electrons. The zero-order valence-corrected chi connectivity index (χ0v) is 7.76. The van der Waals surface area contributed by atoms with Gasteiger partial charge in [-0.2, -0.15) is 0 Å². The highest BCUT2D eigenvalue weighted by atomic mass is 16.6. The highest BCUT2D eigenvalue weighted by Crippen LogP contribution is 2.31. The Morgan fingerprint density at radius 1 is 1.64 bits per heavy atom. The lowest BCUT2D eigenvalue weighted by Gasteiger charge is -2.12. The lowest BCUT2D eigenvalue weighted by Crippen LogP contribution is -2.04. The van der Waals surface area contributed by atoms with Crippen LogP contribution in [0.5, 0.6) is 0 Å². The fourth-order valence-electron chi connectivity index (χ4n) is 1.47. The van der Waals surface area contributed by atoms with E-state index in [1.54, 1.807) is 0 Å². The topological polar surface area (TPSA) is 12.5 Å². The van der Waals surface area contributed by atoms with Crippen LogP contribution >= 0.6 is 0 Å². The van der Waals surface area contributed by atoms with E-state index in [0.29, 0.717) is 18.1 Å². The molecule has 1 aliphatic rings. The Morgan fingerprint density at radius 3 is 2.45 bits per heavy atom. The normalized spacial score (nSPS) is 31.5. The minimum absolute atomic E-state index is 0.503. The van der Waals surface area contributed by atoms with E-state index in [1.807, 2.05) is 0 Å². The maximum Gasteiger partial charge on any atom is 0.0844 e. The SMILES string of the molecule is C=C(C)C(CC)CC1OC1C. The maximum atomic E-state index is 5.36. The molecule has 0 bridgehead atoms. The van der Waals surface area contributed by atoms with Gasteiger partial charge in [0.25, 0.3) is 0 Å². The van der Waals surface area contributed by atoms with Crippen molar-refractivity contribution in [3.05, 3.63) is 12.2 Å². The molecular weight excluding hydrogens is 136 g/mol. The van der Waals surface area contributed by atoms with Crippen molar-refractivity contribution in [2.24, 2.45) is 5.92 Å². The van der Waals surface area contributed by atoms with Gasteiger partial charge in [0, 0.05) is 0 Å². The molecular formula is C10H18O. The predicted octanol–water partition coefficient (Wildman–Crippen LogP) is 2.77. The molecule has 1 rings (SSSR count). The quantitative estimate of drug-likeness (QED) is 0.448. The van der Waals surface area contributed by atoms with Crippen LogP contribution in [0.15, 0.2) is 12.2 Å². The molecule has 0 spiro atoms. The highest BCUT2D eigenvalue weighted by molar-refractivity contribution is 4.98. The van der Waals surface area contributed by atoms with Crippen LogP contribution in [0.25, 0.3) is 0 Å². The second kappa shape index (κ2) is 3.40. The highest BCUT2D eigenvalue weighted by Gasteiger charge is 2.35. The maximum absolute atomic E-state index is 5.36. The first-order chi connectivity index (χ1) is 5.15. The molecule has 1 saturated heterocycles. The van der Waals surface area contributed by atoms with Gasteiger partial charge < -0.3 is 4.74 Å². The van der Waals surface area contributed by atoms with E-state index in [-0.39, 0.29) is 0 Å². The Bertz CT molecular complexity index is 151. The molecule has 0 N–H and O–H groups in total. The van der Waals surface area contributed by atoms with Gasteiger partial charge in [-0.15, -0.1) is 0 Å². The van der Waals surface area contributed by atoms with Gasteiger partial charge in [0.05, 0.1) is 12.2 Å². The van der Waals surface area contributed by atoms with Crippen LogP contribution in [-0.4, -0.2) is 12.2 Å². The third-order valence-corrected chi connectivity index (χ3v) is 2.54. The summed E-state index contributed by atoms with van der Waals surface area (Å²) in [4.78, 5) is 0. The van der Waals surface area contributed by atoms with E-state index in [1.165, 1.54) is 18.4 Å². The molecule has 1 aliphatic heterocycles. The van der Waals surface area contributed by atoms with Crippen molar-refractivity contribution in [1.29, 1.82) is 0 Å². The lowest BCUT2D eigenvalue weighted by molar-refractivity contribution is 0.348. The average molecular weight is 154 g/mol. The fraction of sp³-hybridized carbons (Fsp3) is 0.800. The monoisotopic (exact) mass is 154 g/mol. The minimum atomic E-state index is 0.503. The van der Waals surface area contributed by atoms with Gasteiger partial charge >= 0.3 is 0 Å². The van der Waals surface area contributed by atoms with Gasteiger partial charge in [-0.3, -0.25) is 0 Å². The summed E-state index contributed by atoms with van der Waals surface area (Å²) in [6.45, 7) is 10.4. The summed E-state index contributed by atoms with van der Waals surface area (Å²) < 4.78 is 5.36. The van der Waals surface area contributed by atoms with Crippen molar-refractivity contribution in [3.8, 4) is 0 Å². The van der Waals surface area contributed by atoms with Gasteiger partial charge in [0.1, 0.15) is 0 Å². The number of hydrogen-bond acceptors (Lipinski definition) is 1. The summed E-state index contributed by atoms with van der Waals surface area (Å²) >= 11 is 0. The summed E-state index contributed by atoms with van der Waals surface area (Å²) in [5, 5.41) is 0. The number of ether oxygens (including phenoxy) is 1. The van der Waals surface area contributed by atoms with Gasteiger partial charge in [-0.05, 0) is 32.6 Å². The Hall–Kier alpha value is -0.300. The zero-order valence-electron chi connectivity index (χ0n) is 7.76. The standard InChI is InChI=1S/C10H18O/c1-5-9(7(2)3)6-10-8(4)11-10/h8-10H,2,5-6H2,1,3-4H3. The van der Waals surface area contributed by atoms with Crippen LogP contribution in [0.1, 0.15) is 33.6 Å². The predicted molar refractivity (Wildman–Crippen MR) is 47.5 cm³/mol. The summed E-state index contributed by atoms with van der Waals surface area (Å²) in [6, 6.07) is 0. The van der Waals surface area contributed by atoms with Crippen molar-refractivity contribution in [1.82, 2.24) is 0 Å². The first kappa shape index (κ1) is 8.79. The molecule has 11 heavy (non-hydrogen) atoms. The van der Waals surface area contributed by atoms with E-state index in [0.717, 1.165) is 0 Å². The first-order valence-corrected chi connectivity index (χ1v) is 4.46. The molecule has 0 aromatic rings. The molecule has 3 unspecified atom stereocenters. The molecule has 1 heterocycles. The molecule has 1 nitrogen and oxygen atoms in total. The van der Waals surface area contributed by atoms with Crippen molar-refractivity contribution >= 4 is 0 Å². The molecule has 0 aromatic carbocycles. The second-order valence-electron chi connectivity index (χ2n) is 3.57. The van der Waals surface area contributed by atoms with Crippen LogP contribution in [0.2, 0.25) is 0 Å². The van der Waals surface area contributed by atoms with Crippen LogP contribution in [-0.2, 0) is 4.74 Å². The third-order valence-electron chi connectivity index (χ3n) is 2.54. The van der Waals surface area contributed by atoms with E-state index in [4.69, 9.17) is 4.74 Å². The molecule has 1 heteroatoms. The van der Waals surface area contributed by atoms with Crippen molar-refractivity contribution in [2.45, 2.75) is 45.8 Å². The zero-order chi connectivity index (χ0) is 8.43. The van der Waals surface area contributed by atoms with Crippen molar-refractivity contribution in [3.63, 3.8) is 0 Å². The van der Waals surface area contributed by atoms with Crippen LogP contribution in [0, 0.1) is 5.92 Å². The molecule has 0 radical (unpaired) electrons. The Balaban J connectivity index is 2.27. The summed E-state index contributed by atoms with van der Waals surface area (Å²) in [5.74, 6) is 0.671. The van der Waals surface area contributed by atoms with Crippen molar-refractivity contribution < 1.29 is 4.74 Å². The average Bonchev–Trinajstić information content (AvgIpc) is 2.61. The largest absolute Gasteiger partial charge is 0.370 e. The Labute approximate surface area is 69.4 Å². The number of rotatable bonds is 4. The molecule has 0 amide bonds. The molecule has 0 aromatic heterocycles. The number of hydrogen-bond donors (Lipinski definition) is 0. The second-order valence-corrected chi connectivity index (χ2v) is 3.57. The lowest BCUT2D eigenvalue weighted by atomic mass is 9.93. The van der Waals surface area contributed by atoms with Gasteiger partial charge in [-0.1, -0.05) is 19.1 Å². The van der Waals surface area contributed by atoms with E-state index >= 15 is 0 Å². The van der Waals surface area contributed by atoms with Crippen LogP contribution in [0.3, 0.4) is 0 Å². The van der Waals surface area contributed by atoms with Crippen LogP contribution < -0.4 is 0 Å². The number of allylic oxidation sites excluding steroid dienone is 1. The fourth-order valence-corrected chi connectivity index (χ4v) is 1.47. The summed E-state index contributed by atoms with van der Waals surface area (Å²) in [7, 11) is 0. The van der Waals surface area contributed by atoms with Gasteiger partial charge in [0.15, 0.2) is 0 Å². The third kappa shape index (κ3) is 2.33. The molecule has 3 atom stereocenters. The van der Waals surface area contributed by atoms with Gasteiger partial charge in [-0.25, -0.2) is 0 Å². The number of epoxide rings is 1. The minimum Gasteiger partial charge on any atom is -0.370 e. The van der Waals surface area contributed by atoms with E-state index < -0.39 is 0 Å². The Morgan fingerprint density at radius 2 is 2.18 bits per heavy atom. The van der Waals surface area contributed by atoms with Crippen molar-refractivity contribution in [2.75, 3.05) is 0 Å². The Kier molecular flexibility index (Phi) is 2.72. The molecule has 0 saturated carbocycles. The van der Waals surface area contributed by atoms with Crippen LogP contribution in [0.4, 0.5) is 0 Å².